The van der Waals surface area contributed by atoms with Crippen LogP contribution in [0.1, 0.15) is 22.3 Å². The van der Waals surface area contributed by atoms with E-state index in [0.717, 1.165) is 35.2 Å². The Hall–Kier alpha value is -3.05. The topological polar surface area (TPSA) is 59.0 Å². The molecular formula is C24H27NO4. The molecular weight excluding hydrogens is 366 g/mol. The van der Waals surface area contributed by atoms with Crippen LogP contribution in [0.5, 0.6) is 17.2 Å². The number of phenolic OH excluding ortho intramolecular Hbond substituents is 1. The Balaban J connectivity index is 1.53. The zero-order valence-corrected chi connectivity index (χ0v) is 17.1. The molecule has 0 spiro atoms. The van der Waals surface area contributed by atoms with Crippen LogP contribution in [-0.2, 0) is 6.42 Å². The lowest BCUT2D eigenvalue weighted by atomic mass is 10.0. The van der Waals surface area contributed by atoms with Gasteiger partial charge in [-0.3, -0.25) is 4.79 Å². The van der Waals surface area contributed by atoms with E-state index >= 15 is 0 Å². The largest absolute Gasteiger partial charge is 0.508 e. The van der Waals surface area contributed by atoms with Crippen molar-refractivity contribution in [3.63, 3.8) is 0 Å². The highest BCUT2D eigenvalue weighted by Crippen LogP contribution is 2.27. The van der Waals surface area contributed by atoms with Crippen molar-refractivity contribution in [2.45, 2.75) is 12.8 Å². The third kappa shape index (κ3) is 5.27. The lowest BCUT2D eigenvalue weighted by Crippen LogP contribution is -2.24. The van der Waals surface area contributed by atoms with E-state index < -0.39 is 0 Å². The molecule has 0 aromatic heterocycles. The summed E-state index contributed by atoms with van der Waals surface area (Å²) in [7, 11) is 5.29. The maximum Gasteiger partial charge on any atom is 0.164 e. The van der Waals surface area contributed by atoms with Gasteiger partial charge in [0.15, 0.2) is 17.3 Å². The zero-order valence-electron chi connectivity index (χ0n) is 17.1. The number of likely N-dealkylation sites (N-methyl/N-ethyl adjacent to an activating group) is 1. The number of aromatic hydroxyl groups is 1. The lowest BCUT2D eigenvalue weighted by molar-refractivity contribution is 0.0969. The molecule has 5 heteroatoms. The van der Waals surface area contributed by atoms with Crippen LogP contribution >= 0.6 is 0 Å². The first kappa shape index (κ1) is 20.7. The Morgan fingerprint density at radius 2 is 1.62 bits per heavy atom. The summed E-state index contributed by atoms with van der Waals surface area (Å²) in [5, 5.41) is 11.4. The SMILES string of the molecule is COc1ccc(CCN(C)CCC(=O)c2ccc3cc(O)ccc3c2)cc1OC. The van der Waals surface area contributed by atoms with Gasteiger partial charge in [0.25, 0.3) is 0 Å². The van der Waals surface area contributed by atoms with Crippen LogP contribution in [0.2, 0.25) is 0 Å². The van der Waals surface area contributed by atoms with Gasteiger partial charge in [-0.25, -0.2) is 0 Å². The van der Waals surface area contributed by atoms with Gasteiger partial charge in [0, 0.05) is 25.1 Å². The van der Waals surface area contributed by atoms with E-state index in [2.05, 4.69) is 4.90 Å². The first-order chi connectivity index (χ1) is 14.0. The van der Waals surface area contributed by atoms with E-state index in [1.165, 1.54) is 5.56 Å². The monoisotopic (exact) mass is 393 g/mol. The number of carbonyl (C=O) groups is 1. The molecule has 0 fully saturated rings. The molecule has 0 atom stereocenters. The molecule has 5 nitrogen and oxygen atoms in total. The molecule has 0 aliphatic rings. The van der Waals surface area contributed by atoms with E-state index in [1.807, 2.05) is 49.5 Å². The predicted molar refractivity (Wildman–Crippen MR) is 115 cm³/mol. The molecule has 0 saturated heterocycles. The van der Waals surface area contributed by atoms with Gasteiger partial charge in [-0.1, -0.05) is 24.3 Å². The van der Waals surface area contributed by atoms with Crippen LogP contribution in [0.15, 0.2) is 54.6 Å². The van der Waals surface area contributed by atoms with Gasteiger partial charge in [-0.05, 0) is 60.1 Å². The quantitative estimate of drug-likeness (QED) is 0.549. The van der Waals surface area contributed by atoms with Gasteiger partial charge >= 0.3 is 0 Å². The molecule has 3 rings (SSSR count). The zero-order chi connectivity index (χ0) is 20.8. The molecule has 152 valence electrons. The minimum atomic E-state index is 0.123. The van der Waals surface area contributed by atoms with Crippen LogP contribution in [0.25, 0.3) is 10.8 Å². The van der Waals surface area contributed by atoms with Gasteiger partial charge in [-0.15, -0.1) is 0 Å². The number of ketones is 1. The van der Waals surface area contributed by atoms with Crippen molar-refractivity contribution in [2.24, 2.45) is 0 Å². The Morgan fingerprint density at radius 1 is 0.897 bits per heavy atom. The summed E-state index contributed by atoms with van der Waals surface area (Å²) >= 11 is 0. The molecule has 29 heavy (non-hydrogen) atoms. The minimum absolute atomic E-state index is 0.123. The molecule has 0 amide bonds. The highest BCUT2D eigenvalue weighted by molar-refractivity contribution is 6.00. The van der Waals surface area contributed by atoms with Gasteiger partial charge in [-0.2, -0.15) is 0 Å². The van der Waals surface area contributed by atoms with Gasteiger partial charge in [0.1, 0.15) is 5.75 Å². The molecule has 1 N–H and O–H groups in total. The fourth-order valence-electron chi connectivity index (χ4n) is 3.31. The van der Waals surface area contributed by atoms with Crippen molar-refractivity contribution in [3.05, 3.63) is 65.7 Å². The summed E-state index contributed by atoms with van der Waals surface area (Å²) in [5.74, 6) is 1.80. The molecule has 3 aromatic carbocycles. The van der Waals surface area contributed by atoms with Crippen LogP contribution in [0.3, 0.4) is 0 Å². The summed E-state index contributed by atoms with van der Waals surface area (Å²) < 4.78 is 10.6. The summed E-state index contributed by atoms with van der Waals surface area (Å²) in [6.07, 6.45) is 1.33. The number of fused-ring (bicyclic) bond motifs is 1. The first-order valence-electron chi connectivity index (χ1n) is 9.65. The predicted octanol–water partition coefficient (Wildman–Crippen LogP) is 4.31. The maximum atomic E-state index is 12.6. The molecule has 0 saturated carbocycles. The molecule has 0 aliphatic carbocycles. The smallest absolute Gasteiger partial charge is 0.164 e. The van der Waals surface area contributed by atoms with Crippen LogP contribution in [0, 0.1) is 0 Å². The maximum absolute atomic E-state index is 12.6. The average molecular weight is 393 g/mol. The Kier molecular flexibility index (Phi) is 6.73. The summed E-state index contributed by atoms with van der Waals surface area (Å²) in [6, 6.07) is 16.7. The van der Waals surface area contributed by atoms with Crippen molar-refractivity contribution in [1.82, 2.24) is 4.90 Å². The van der Waals surface area contributed by atoms with Gasteiger partial charge in [0.05, 0.1) is 14.2 Å². The first-order valence-corrected chi connectivity index (χ1v) is 9.65. The second kappa shape index (κ2) is 9.43. The fourth-order valence-corrected chi connectivity index (χ4v) is 3.31. The number of phenols is 1. The average Bonchev–Trinajstić information content (AvgIpc) is 2.75. The normalized spacial score (nSPS) is 11.0. The Labute approximate surface area is 171 Å². The number of rotatable bonds is 9. The molecule has 0 aliphatic heterocycles. The second-order valence-corrected chi connectivity index (χ2v) is 7.16. The molecule has 0 radical (unpaired) electrons. The van der Waals surface area contributed by atoms with Crippen molar-refractivity contribution in [3.8, 4) is 17.2 Å². The summed E-state index contributed by atoms with van der Waals surface area (Å²) in [5.41, 5.74) is 1.87. The van der Waals surface area contributed by atoms with E-state index in [1.54, 1.807) is 26.4 Å². The van der Waals surface area contributed by atoms with Crippen molar-refractivity contribution in [2.75, 3.05) is 34.4 Å². The molecule has 0 unspecified atom stereocenters. The number of ether oxygens (including phenoxy) is 2. The van der Waals surface area contributed by atoms with E-state index in [9.17, 15) is 9.90 Å². The molecule has 0 heterocycles. The fraction of sp³-hybridized carbons (Fsp3) is 0.292. The van der Waals surface area contributed by atoms with Crippen LogP contribution < -0.4 is 9.47 Å². The highest BCUT2D eigenvalue weighted by Gasteiger charge is 2.10. The third-order valence-corrected chi connectivity index (χ3v) is 5.10. The Bertz CT molecular complexity index is 999. The van der Waals surface area contributed by atoms with E-state index in [4.69, 9.17) is 9.47 Å². The van der Waals surface area contributed by atoms with E-state index in [0.29, 0.717) is 18.5 Å². The number of hydrogen-bond donors (Lipinski definition) is 1. The number of carbonyl (C=O) groups excluding carboxylic acids is 1. The number of hydrogen-bond acceptors (Lipinski definition) is 5. The number of Topliss-reactive ketones (excluding diaryl/α,β-unsaturated/α-hetero) is 1. The third-order valence-electron chi connectivity index (χ3n) is 5.10. The van der Waals surface area contributed by atoms with E-state index in [-0.39, 0.29) is 11.5 Å². The van der Waals surface area contributed by atoms with Crippen molar-refractivity contribution < 1.29 is 19.4 Å². The minimum Gasteiger partial charge on any atom is -0.508 e. The highest BCUT2D eigenvalue weighted by atomic mass is 16.5. The lowest BCUT2D eigenvalue weighted by Gasteiger charge is -2.17. The molecule has 0 bridgehead atoms. The number of benzene rings is 3. The number of methoxy groups -OCH3 is 2. The summed E-state index contributed by atoms with van der Waals surface area (Å²) in [4.78, 5) is 14.7. The van der Waals surface area contributed by atoms with Crippen molar-refractivity contribution in [1.29, 1.82) is 0 Å². The van der Waals surface area contributed by atoms with Crippen LogP contribution in [0.4, 0.5) is 0 Å². The Morgan fingerprint density at radius 3 is 2.38 bits per heavy atom. The standard InChI is InChI=1S/C24H27NO4/c1-25(12-10-17-4-9-23(28-2)24(14-17)29-3)13-11-22(27)20-6-5-19-16-21(26)8-7-18(19)15-20/h4-9,14-16,26H,10-13H2,1-3H3. The summed E-state index contributed by atoms with van der Waals surface area (Å²) in [6.45, 7) is 1.54. The molecule has 3 aromatic rings. The van der Waals surface area contributed by atoms with Gasteiger partial charge < -0.3 is 19.5 Å². The van der Waals surface area contributed by atoms with Crippen LogP contribution in [-0.4, -0.2) is 50.1 Å². The van der Waals surface area contributed by atoms with Gasteiger partial charge in [0.2, 0.25) is 0 Å². The number of nitrogens with zero attached hydrogens (tertiary/aromatic N) is 1. The van der Waals surface area contributed by atoms with Crippen molar-refractivity contribution >= 4 is 16.6 Å². The second-order valence-electron chi connectivity index (χ2n) is 7.16.